The molecule has 5 rings (SSSR count). The number of carbonyl (C=O) groups is 2. The number of piperidine rings is 1. The Hall–Kier alpha value is -2.90. The Bertz CT molecular complexity index is 967. The van der Waals surface area contributed by atoms with Gasteiger partial charge in [0, 0.05) is 52.0 Å². The Morgan fingerprint density at radius 3 is 2.67 bits per heavy atom. The quantitative estimate of drug-likeness (QED) is 0.842. The van der Waals surface area contributed by atoms with Gasteiger partial charge in [0.1, 0.15) is 0 Å². The maximum absolute atomic E-state index is 12.7. The van der Waals surface area contributed by atoms with Gasteiger partial charge in [0.2, 0.25) is 5.76 Å². The molecule has 4 heterocycles. The van der Waals surface area contributed by atoms with E-state index in [1.165, 1.54) is 5.56 Å². The molecule has 1 unspecified atom stereocenters. The maximum atomic E-state index is 12.7. The molecule has 1 saturated carbocycles. The SMILES string of the molecule is Cc1nc(C)c(C(=O)N2CCC3(CC2)CC3CNC(=O)N2Cc3ccncc3C2)o1. The summed E-state index contributed by atoms with van der Waals surface area (Å²) < 4.78 is 5.50. The van der Waals surface area contributed by atoms with Gasteiger partial charge in [-0.15, -0.1) is 0 Å². The van der Waals surface area contributed by atoms with Crippen LogP contribution >= 0.6 is 0 Å². The van der Waals surface area contributed by atoms with Crippen LogP contribution in [0, 0.1) is 25.2 Å². The summed E-state index contributed by atoms with van der Waals surface area (Å²) in [6, 6.07) is 1.98. The van der Waals surface area contributed by atoms with Gasteiger partial charge in [-0.25, -0.2) is 9.78 Å². The van der Waals surface area contributed by atoms with Crippen molar-refractivity contribution in [2.75, 3.05) is 19.6 Å². The number of likely N-dealkylation sites (tertiary alicyclic amines) is 1. The van der Waals surface area contributed by atoms with E-state index in [2.05, 4.69) is 15.3 Å². The summed E-state index contributed by atoms with van der Waals surface area (Å²) in [5.41, 5.74) is 3.24. The fraction of sp³-hybridized carbons (Fsp3) is 0.545. The van der Waals surface area contributed by atoms with Crippen molar-refractivity contribution in [3.05, 3.63) is 46.9 Å². The lowest BCUT2D eigenvalue weighted by Gasteiger charge is -2.32. The first-order chi connectivity index (χ1) is 14.4. The van der Waals surface area contributed by atoms with E-state index in [1.54, 1.807) is 13.1 Å². The molecule has 0 bridgehead atoms. The van der Waals surface area contributed by atoms with Crippen LogP contribution in [0.4, 0.5) is 4.79 Å². The number of fused-ring (bicyclic) bond motifs is 1. The Labute approximate surface area is 175 Å². The summed E-state index contributed by atoms with van der Waals surface area (Å²) in [6.45, 7) is 7.02. The highest BCUT2D eigenvalue weighted by atomic mass is 16.4. The van der Waals surface area contributed by atoms with Crippen LogP contribution in [0.25, 0.3) is 0 Å². The van der Waals surface area contributed by atoms with E-state index in [1.807, 2.05) is 29.0 Å². The third-order valence-corrected chi connectivity index (χ3v) is 7.02. The van der Waals surface area contributed by atoms with Crippen molar-refractivity contribution in [1.82, 2.24) is 25.1 Å². The highest BCUT2D eigenvalue weighted by molar-refractivity contribution is 5.92. The van der Waals surface area contributed by atoms with Crippen molar-refractivity contribution in [1.29, 1.82) is 0 Å². The highest BCUT2D eigenvalue weighted by Gasteiger charge is 2.55. The molecule has 8 nitrogen and oxygen atoms in total. The van der Waals surface area contributed by atoms with Gasteiger partial charge in [0.25, 0.3) is 5.91 Å². The van der Waals surface area contributed by atoms with Gasteiger partial charge >= 0.3 is 6.03 Å². The predicted octanol–water partition coefficient (Wildman–Crippen LogP) is 2.65. The van der Waals surface area contributed by atoms with E-state index in [0.29, 0.717) is 42.9 Å². The number of urea groups is 1. The summed E-state index contributed by atoms with van der Waals surface area (Å²) in [4.78, 5) is 37.4. The molecule has 3 amide bonds. The third-order valence-electron chi connectivity index (χ3n) is 7.02. The van der Waals surface area contributed by atoms with Gasteiger partial charge in [-0.05, 0) is 54.7 Å². The lowest BCUT2D eigenvalue weighted by atomic mass is 9.90. The van der Waals surface area contributed by atoms with E-state index >= 15 is 0 Å². The van der Waals surface area contributed by atoms with Crippen LogP contribution in [0.5, 0.6) is 0 Å². The number of oxazole rings is 1. The minimum Gasteiger partial charge on any atom is -0.436 e. The Kier molecular flexibility index (Phi) is 4.52. The minimum absolute atomic E-state index is 0.00275. The molecule has 0 aromatic carbocycles. The summed E-state index contributed by atoms with van der Waals surface area (Å²) in [5.74, 6) is 1.33. The van der Waals surface area contributed by atoms with Crippen LogP contribution in [0.3, 0.4) is 0 Å². The number of carbonyl (C=O) groups excluding carboxylic acids is 2. The molecule has 2 fully saturated rings. The van der Waals surface area contributed by atoms with Gasteiger partial charge in [-0.3, -0.25) is 9.78 Å². The summed E-state index contributed by atoms with van der Waals surface area (Å²) >= 11 is 0. The van der Waals surface area contributed by atoms with E-state index in [0.717, 1.165) is 37.9 Å². The normalized spacial score (nSPS) is 21.6. The molecule has 1 atom stereocenters. The zero-order chi connectivity index (χ0) is 20.9. The zero-order valence-corrected chi connectivity index (χ0v) is 17.5. The largest absolute Gasteiger partial charge is 0.436 e. The molecule has 1 N–H and O–H groups in total. The molecule has 1 saturated heterocycles. The fourth-order valence-corrected chi connectivity index (χ4v) is 5.05. The highest BCUT2D eigenvalue weighted by Crippen LogP contribution is 2.59. The average molecular weight is 409 g/mol. The summed E-state index contributed by atoms with van der Waals surface area (Å²) in [5, 5.41) is 3.13. The number of nitrogens with one attached hydrogen (secondary N) is 1. The number of hydrogen-bond donors (Lipinski definition) is 1. The van der Waals surface area contributed by atoms with Crippen LogP contribution in [-0.4, -0.2) is 51.3 Å². The molecule has 2 aliphatic heterocycles. The van der Waals surface area contributed by atoms with Crippen molar-refractivity contribution in [2.45, 2.75) is 46.2 Å². The van der Waals surface area contributed by atoms with Crippen LogP contribution in [-0.2, 0) is 13.1 Å². The number of amides is 3. The zero-order valence-electron chi connectivity index (χ0n) is 17.5. The molecule has 158 valence electrons. The first-order valence-electron chi connectivity index (χ1n) is 10.6. The topological polar surface area (TPSA) is 91.6 Å². The molecule has 8 heteroatoms. The molecule has 2 aromatic rings. The van der Waals surface area contributed by atoms with Crippen molar-refractivity contribution in [2.24, 2.45) is 11.3 Å². The minimum atomic E-state index is -0.0588. The standard InChI is InChI=1S/C22H27N5O3/c1-14-19(30-15(2)25-14)20(28)26-7-4-22(5-8-26)9-18(22)11-24-21(29)27-12-16-3-6-23-10-17(16)13-27/h3,6,10,18H,4-5,7-9,11-13H2,1-2H3,(H,24,29). The van der Waals surface area contributed by atoms with Crippen LogP contribution in [0.15, 0.2) is 22.9 Å². The van der Waals surface area contributed by atoms with Crippen molar-refractivity contribution < 1.29 is 14.0 Å². The van der Waals surface area contributed by atoms with Gasteiger partial charge in [0.15, 0.2) is 5.89 Å². The first-order valence-corrected chi connectivity index (χ1v) is 10.6. The van der Waals surface area contributed by atoms with E-state index < -0.39 is 0 Å². The summed E-state index contributed by atoms with van der Waals surface area (Å²) in [6.07, 6.45) is 6.70. The second-order valence-corrected chi connectivity index (χ2v) is 8.89. The number of hydrogen-bond acceptors (Lipinski definition) is 5. The van der Waals surface area contributed by atoms with Crippen LogP contribution < -0.4 is 5.32 Å². The predicted molar refractivity (Wildman–Crippen MR) is 109 cm³/mol. The number of rotatable bonds is 3. The number of aryl methyl sites for hydroxylation is 2. The average Bonchev–Trinajstić information content (AvgIpc) is 3.07. The van der Waals surface area contributed by atoms with Gasteiger partial charge < -0.3 is 19.5 Å². The van der Waals surface area contributed by atoms with E-state index in [-0.39, 0.29) is 17.4 Å². The number of nitrogens with zero attached hydrogens (tertiary/aromatic N) is 4. The van der Waals surface area contributed by atoms with Crippen LogP contribution in [0.2, 0.25) is 0 Å². The fourth-order valence-electron chi connectivity index (χ4n) is 5.05. The second kappa shape index (κ2) is 7.11. The molecule has 1 aliphatic carbocycles. The lowest BCUT2D eigenvalue weighted by Crippen LogP contribution is -2.41. The maximum Gasteiger partial charge on any atom is 0.318 e. The number of pyridine rings is 1. The van der Waals surface area contributed by atoms with Crippen molar-refractivity contribution in [3.8, 4) is 0 Å². The monoisotopic (exact) mass is 409 g/mol. The van der Waals surface area contributed by atoms with E-state index in [9.17, 15) is 9.59 Å². The molecular formula is C22H27N5O3. The molecule has 2 aromatic heterocycles. The molecule has 3 aliphatic rings. The molecular weight excluding hydrogens is 382 g/mol. The number of aromatic nitrogens is 2. The summed E-state index contributed by atoms with van der Waals surface area (Å²) in [7, 11) is 0. The molecule has 0 radical (unpaired) electrons. The third kappa shape index (κ3) is 3.34. The Balaban J connectivity index is 1.10. The van der Waals surface area contributed by atoms with Gasteiger partial charge in [-0.1, -0.05) is 0 Å². The van der Waals surface area contributed by atoms with Crippen molar-refractivity contribution >= 4 is 11.9 Å². The second-order valence-electron chi connectivity index (χ2n) is 8.89. The van der Waals surface area contributed by atoms with E-state index in [4.69, 9.17) is 4.42 Å². The smallest absolute Gasteiger partial charge is 0.318 e. The lowest BCUT2D eigenvalue weighted by molar-refractivity contribution is 0.0634. The van der Waals surface area contributed by atoms with Gasteiger partial charge in [-0.2, -0.15) is 0 Å². The van der Waals surface area contributed by atoms with Gasteiger partial charge in [0.05, 0.1) is 5.69 Å². The Morgan fingerprint density at radius 2 is 1.97 bits per heavy atom. The molecule has 30 heavy (non-hydrogen) atoms. The van der Waals surface area contributed by atoms with Crippen molar-refractivity contribution in [3.63, 3.8) is 0 Å². The van der Waals surface area contributed by atoms with Crippen LogP contribution in [0.1, 0.15) is 52.5 Å². The molecule has 1 spiro atoms. The Morgan fingerprint density at radius 1 is 1.20 bits per heavy atom. The first kappa shape index (κ1) is 19.1.